The fourth-order valence-electron chi connectivity index (χ4n) is 4.87. The molecule has 0 atom stereocenters. The van der Waals surface area contributed by atoms with Crippen LogP contribution in [0.4, 0.5) is 8.78 Å². The molecule has 1 aliphatic rings. The molecule has 1 aromatic carbocycles. The molecule has 0 saturated heterocycles. The van der Waals surface area contributed by atoms with Crippen molar-refractivity contribution in [3.63, 3.8) is 0 Å². The average Bonchev–Trinajstić information content (AvgIpc) is 2.84. The lowest BCUT2D eigenvalue weighted by Crippen LogP contribution is -2.15. The molecule has 0 spiro atoms. The predicted octanol–water partition coefficient (Wildman–Crippen LogP) is 8.31. The Morgan fingerprint density at radius 2 is 1.52 bits per heavy atom. The quantitative estimate of drug-likeness (QED) is 0.283. The minimum atomic E-state index is -0.836. The van der Waals surface area contributed by atoms with Crippen LogP contribution in [-0.2, 0) is 6.42 Å². The van der Waals surface area contributed by atoms with Crippen molar-refractivity contribution in [1.29, 1.82) is 0 Å². The van der Waals surface area contributed by atoms with Crippen molar-refractivity contribution in [3.05, 3.63) is 41.5 Å². The van der Waals surface area contributed by atoms with E-state index in [1.54, 1.807) is 24.3 Å². The van der Waals surface area contributed by atoms with Gasteiger partial charge >= 0.3 is 0 Å². The summed E-state index contributed by atoms with van der Waals surface area (Å²) in [6.07, 6.45) is 15.3. The number of nitrogens with zero attached hydrogens (tertiary/aromatic N) is 2. The van der Waals surface area contributed by atoms with Gasteiger partial charge in [0.1, 0.15) is 0 Å². The van der Waals surface area contributed by atoms with Gasteiger partial charge in [-0.15, -0.1) is 10.2 Å². The van der Waals surface area contributed by atoms with E-state index in [-0.39, 0.29) is 5.56 Å². The number of benzene rings is 1. The lowest BCUT2D eigenvalue weighted by molar-refractivity contribution is 0.248. The molecule has 1 saturated carbocycles. The van der Waals surface area contributed by atoms with Crippen molar-refractivity contribution < 1.29 is 13.5 Å². The highest BCUT2D eigenvalue weighted by atomic mass is 19.2. The normalized spacial score (nSPS) is 18.4. The van der Waals surface area contributed by atoms with Gasteiger partial charge in [-0.25, -0.2) is 8.78 Å². The van der Waals surface area contributed by atoms with Gasteiger partial charge in [0, 0.05) is 11.6 Å². The zero-order chi connectivity index (χ0) is 23.5. The van der Waals surface area contributed by atoms with E-state index in [0.29, 0.717) is 36.1 Å². The van der Waals surface area contributed by atoms with Crippen LogP contribution in [0.5, 0.6) is 5.88 Å². The number of aryl methyl sites for hydroxylation is 1. The highest BCUT2D eigenvalue weighted by molar-refractivity contribution is 5.60. The van der Waals surface area contributed by atoms with Gasteiger partial charge in [-0.1, -0.05) is 84.1 Å². The third-order valence-corrected chi connectivity index (χ3v) is 7.08. The Kier molecular flexibility index (Phi) is 10.6. The van der Waals surface area contributed by atoms with E-state index in [1.807, 2.05) is 0 Å². The van der Waals surface area contributed by atoms with Crippen LogP contribution < -0.4 is 4.74 Å². The van der Waals surface area contributed by atoms with Crippen LogP contribution in [0.25, 0.3) is 11.3 Å². The fraction of sp³-hybridized carbons (Fsp3) is 0.643. The summed E-state index contributed by atoms with van der Waals surface area (Å²) < 4.78 is 35.1. The highest BCUT2D eigenvalue weighted by Crippen LogP contribution is 2.35. The van der Waals surface area contributed by atoms with E-state index >= 15 is 0 Å². The van der Waals surface area contributed by atoms with Crippen molar-refractivity contribution in [2.24, 2.45) is 11.8 Å². The number of hydrogen-bond donors (Lipinski definition) is 0. The molecule has 1 aliphatic carbocycles. The van der Waals surface area contributed by atoms with Crippen molar-refractivity contribution in [2.45, 2.75) is 97.3 Å². The van der Waals surface area contributed by atoms with Gasteiger partial charge in [-0.05, 0) is 48.8 Å². The minimum Gasteiger partial charge on any atom is -0.477 e. The first-order valence-corrected chi connectivity index (χ1v) is 13.1. The van der Waals surface area contributed by atoms with Crippen LogP contribution in [0, 0.1) is 23.5 Å². The molecular weight excluding hydrogens is 418 g/mol. The summed E-state index contributed by atoms with van der Waals surface area (Å²) in [5, 5.41) is 8.03. The van der Waals surface area contributed by atoms with Gasteiger partial charge in [-0.2, -0.15) is 0 Å². The Hall–Kier alpha value is -2.04. The molecule has 0 aliphatic heterocycles. The van der Waals surface area contributed by atoms with E-state index in [9.17, 15) is 8.78 Å². The Morgan fingerprint density at radius 3 is 2.18 bits per heavy atom. The van der Waals surface area contributed by atoms with Crippen LogP contribution in [-0.4, -0.2) is 16.8 Å². The van der Waals surface area contributed by atoms with E-state index < -0.39 is 11.6 Å². The van der Waals surface area contributed by atoms with Crippen LogP contribution in [0.1, 0.15) is 96.5 Å². The van der Waals surface area contributed by atoms with Gasteiger partial charge in [-0.3, -0.25) is 0 Å². The number of unbranched alkanes of at least 4 members (excludes halogenated alkanes) is 4. The van der Waals surface area contributed by atoms with E-state index in [2.05, 4.69) is 24.0 Å². The van der Waals surface area contributed by atoms with E-state index in [4.69, 9.17) is 4.74 Å². The molecule has 0 bridgehead atoms. The summed E-state index contributed by atoms with van der Waals surface area (Å²) in [4.78, 5) is 0. The molecular formula is C28H40F2N2O. The molecule has 1 heterocycles. The molecule has 3 rings (SSSR count). The zero-order valence-corrected chi connectivity index (χ0v) is 20.4. The maximum absolute atomic E-state index is 14.8. The summed E-state index contributed by atoms with van der Waals surface area (Å²) in [7, 11) is 0. The first kappa shape index (κ1) is 25.6. The van der Waals surface area contributed by atoms with Crippen molar-refractivity contribution in [1.82, 2.24) is 10.2 Å². The Morgan fingerprint density at radius 1 is 0.788 bits per heavy atom. The number of aromatic nitrogens is 2. The lowest BCUT2D eigenvalue weighted by atomic mass is 9.77. The second-order valence-electron chi connectivity index (χ2n) is 9.63. The maximum atomic E-state index is 14.8. The molecule has 3 nitrogen and oxygen atoms in total. The SMILES string of the molecule is CCCCCCC1CCC(CCc2ccc(-c3ccc(OCCCC)nn3)c(F)c2F)CC1. The smallest absolute Gasteiger partial charge is 0.233 e. The van der Waals surface area contributed by atoms with Gasteiger partial charge in [0.25, 0.3) is 0 Å². The average molecular weight is 459 g/mol. The van der Waals surface area contributed by atoms with Crippen molar-refractivity contribution in [3.8, 4) is 17.1 Å². The molecule has 0 N–H and O–H groups in total. The van der Waals surface area contributed by atoms with E-state index in [1.165, 1.54) is 57.8 Å². The van der Waals surface area contributed by atoms with Gasteiger partial charge in [0.05, 0.1) is 12.3 Å². The molecule has 1 aromatic heterocycles. The topological polar surface area (TPSA) is 35.0 Å². The van der Waals surface area contributed by atoms with Gasteiger partial charge in [0.15, 0.2) is 11.6 Å². The molecule has 1 fully saturated rings. The Labute approximate surface area is 198 Å². The molecule has 33 heavy (non-hydrogen) atoms. The summed E-state index contributed by atoms with van der Waals surface area (Å²) in [5.74, 6) is 0.320. The third kappa shape index (κ3) is 7.75. The standard InChI is InChI=1S/C28H40F2N2O/c1-3-5-7-8-9-21-10-12-22(13-11-21)14-15-23-16-17-24(28(30)27(23)29)25-18-19-26(32-31-25)33-20-6-4-2/h16-19,21-22H,3-15,20H2,1-2H3. The number of rotatable bonds is 13. The largest absolute Gasteiger partial charge is 0.477 e. The first-order chi connectivity index (χ1) is 16.1. The second-order valence-corrected chi connectivity index (χ2v) is 9.63. The Bertz CT molecular complexity index is 833. The number of hydrogen-bond acceptors (Lipinski definition) is 3. The molecule has 5 heteroatoms. The molecule has 0 unspecified atom stereocenters. The van der Waals surface area contributed by atoms with Crippen molar-refractivity contribution in [2.75, 3.05) is 6.61 Å². The lowest BCUT2D eigenvalue weighted by Gasteiger charge is -2.28. The predicted molar refractivity (Wildman–Crippen MR) is 130 cm³/mol. The summed E-state index contributed by atoms with van der Waals surface area (Å²) >= 11 is 0. The van der Waals surface area contributed by atoms with Gasteiger partial charge in [0.2, 0.25) is 5.88 Å². The van der Waals surface area contributed by atoms with Crippen LogP contribution >= 0.6 is 0 Å². The Balaban J connectivity index is 1.49. The maximum Gasteiger partial charge on any atom is 0.233 e. The second kappa shape index (κ2) is 13.6. The molecule has 2 aromatic rings. The van der Waals surface area contributed by atoms with Gasteiger partial charge < -0.3 is 4.74 Å². The highest BCUT2D eigenvalue weighted by Gasteiger charge is 2.22. The van der Waals surface area contributed by atoms with Crippen LogP contribution in [0.3, 0.4) is 0 Å². The van der Waals surface area contributed by atoms with E-state index in [0.717, 1.165) is 25.2 Å². The summed E-state index contributed by atoms with van der Waals surface area (Å²) in [5.41, 5.74) is 0.927. The zero-order valence-electron chi connectivity index (χ0n) is 20.4. The first-order valence-electron chi connectivity index (χ1n) is 13.1. The fourth-order valence-corrected chi connectivity index (χ4v) is 4.87. The minimum absolute atomic E-state index is 0.146. The molecule has 182 valence electrons. The van der Waals surface area contributed by atoms with Crippen molar-refractivity contribution >= 4 is 0 Å². The summed E-state index contributed by atoms with van der Waals surface area (Å²) in [6.45, 7) is 4.91. The number of halogens is 2. The molecule has 0 amide bonds. The number of ether oxygens (including phenoxy) is 1. The van der Waals surface area contributed by atoms with Crippen LogP contribution in [0.15, 0.2) is 24.3 Å². The monoisotopic (exact) mass is 458 g/mol. The third-order valence-electron chi connectivity index (χ3n) is 7.08. The summed E-state index contributed by atoms with van der Waals surface area (Å²) in [6, 6.07) is 6.62. The van der Waals surface area contributed by atoms with Crippen LogP contribution in [0.2, 0.25) is 0 Å². The molecule has 0 radical (unpaired) electrons.